The molecule has 1 unspecified atom stereocenters. The van der Waals surface area contributed by atoms with Gasteiger partial charge in [0.1, 0.15) is 27.5 Å². The number of nitrogens with zero attached hydrogens (tertiary/aromatic N) is 3. The largest absolute Gasteiger partial charge is 0.480 e. The number of hydrogen-bond donors (Lipinski definition) is 1. The number of aryl methyl sites for hydroxylation is 1. The Morgan fingerprint density at radius 3 is 2.62 bits per heavy atom. The quantitative estimate of drug-likeness (QED) is 0.877. The molecule has 0 spiro atoms. The molecule has 1 aromatic heterocycles. The van der Waals surface area contributed by atoms with Crippen molar-refractivity contribution in [3.63, 3.8) is 0 Å². The van der Waals surface area contributed by atoms with Crippen molar-refractivity contribution in [3.05, 3.63) is 11.6 Å². The molecule has 2 aliphatic rings. The number of fused-ring (bicyclic) bond motifs is 1. The summed E-state index contributed by atoms with van der Waals surface area (Å²) in [6, 6.07) is -0.578. The monoisotopic (exact) mass is 313 g/mol. The van der Waals surface area contributed by atoms with Gasteiger partial charge in [-0.3, -0.25) is 0 Å². The van der Waals surface area contributed by atoms with Crippen LogP contribution in [0.2, 0.25) is 0 Å². The summed E-state index contributed by atoms with van der Waals surface area (Å²) >= 11 is 0. The molecule has 3 heterocycles. The molecule has 8 heteroatoms. The van der Waals surface area contributed by atoms with Crippen molar-refractivity contribution < 1.29 is 18.3 Å². The smallest absolute Gasteiger partial charge is 0.326 e. The molecule has 1 atom stereocenters. The molecule has 2 aliphatic heterocycles. The maximum Gasteiger partial charge on any atom is 0.326 e. The second-order valence-electron chi connectivity index (χ2n) is 5.95. The van der Waals surface area contributed by atoms with Crippen molar-refractivity contribution in [2.45, 2.75) is 44.6 Å². The molecule has 0 saturated carbocycles. The molecule has 0 radical (unpaired) electrons. The van der Waals surface area contributed by atoms with Crippen molar-refractivity contribution in [1.82, 2.24) is 14.8 Å². The zero-order chi connectivity index (χ0) is 15.0. The first kappa shape index (κ1) is 14.5. The second-order valence-corrected chi connectivity index (χ2v) is 8.25. The Morgan fingerprint density at radius 1 is 1.24 bits per heavy atom. The average molecular weight is 313 g/mol. The van der Waals surface area contributed by atoms with E-state index < -0.39 is 21.8 Å². The van der Waals surface area contributed by atoms with Crippen LogP contribution in [0.25, 0.3) is 0 Å². The van der Waals surface area contributed by atoms with Gasteiger partial charge in [-0.15, -0.1) is 10.2 Å². The number of carboxylic acid groups (broad SMARTS) is 1. The van der Waals surface area contributed by atoms with E-state index in [1.165, 1.54) is 0 Å². The van der Waals surface area contributed by atoms with Gasteiger partial charge in [0, 0.05) is 12.8 Å². The first-order chi connectivity index (χ1) is 9.96. The molecule has 1 saturated heterocycles. The van der Waals surface area contributed by atoms with E-state index in [0.717, 1.165) is 18.7 Å². The summed E-state index contributed by atoms with van der Waals surface area (Å²) in [6.45, 7) is 0. The molecule has 1 fully saturated rings. The zero-order valence-electron chi connectivity index (χ0n) is 11.7. The fraction of sp³-hybridized carbons (Fsp3) is 0.769. The molecule has 21 heavy (non-hydrogen) atoms. The van der Waals surface area contributed by atoms with E-state index in [1.54, 1.807) is 4.57 Å². The average Bonchev–Trinajstić information content (AvgIpc) is 2.84. The standard InChI is InChI=1S/C13H19N3O4S/c17-13(18)10-2-1-3-11-14-15-12(16(10)11)8-9-4-6-21(19,20)7-5-9/h9-10H,1-8H2,(H,17,18). The van der Waals surface area contributed by atoms with Gasteiger partial charge >= 0.3 is 5.97 Å². The fourth-order valence-corrected chi connectivity index (χ4v) is 4.84. The zero-order valence-corrected chi connectivity index (χ0v) is 12.5. The first-order valence-corrected chi connectivity index (χ1v) is 9.14. The van der Waals surface area contributed by atoms with Gasteiger partial charge < -0.3 is 9.67 Å². The summed E-state index contributed by atoms with van der Waals surface area (Å²) in [5, 5.41) is 17.6. The first-order valence-electron chi connectivity index (χ1n) is 7.32. The summed E-state index contributed by atoms with van der Waals surface area (Å²) in [7, 11) is -2.87. The van der Waals surface area contributed by atoms with E-state index in [1.807, 2.05) is 0 Å². The van der Waals surface area contributed by atoms with Crippen molar-refractivity contribution in [2.75, 3.05) is 11.5 Å². The Balaban J connectivity index is 1.78. The van der Waals surface area contributed by atoms with E-state index in [9.17, 15) is 18.3 Å². The topological polar surface area (TPSA) is 102 Å². The lowest BCUT2D eigenvalue weighted by Crippen LogP contribution is -2.29. The molecular weight excluding hydrogens is 294 g/mol. The normalized spacial score (nSPS) is 25.4. The Kier molecular flexibility index (Phi) is 3.73. The maximum absolute atomic E-state index is 11.5. The summed E-state index contributed by atoms with van der Waals surface area (Å²) in [4.78, 5) is 11.4. The molecule has 116 valence electrons. The predicted molar refractivity (Wildman–Crippen MR) is 74.7 cm³/mol. The van der Waals surface area contributed by atoms with Crippen molar-refractivity contribution in [3.8, 4) is 0 Å². The van der Waals surface area contributed by atoms with Crippen LogP contribution in [0.3, 0.4) is 0 Å². The van der Waals surface area contributed by atoms with E-state index in [4.69, 9.17) is 0 Å². The molecule has 1 N–H and O–H groups in total. The lowest BCUT2D eigenvalue weighted by molar-refractivity contribution is -0.141. The number of aromatic nitrogens is 3. The van der Waals surface area contributed by atoms with Gasteiger partial charge in [-0.1, -0.05) is 0 Å². The van der Waals surface area contributed by atoms with Gasteiger partial charge in [-0.25, -0.2) is 13.2 Å². The van der Waals surface area contributed by atoms with Crippen LogP contribution in [0.5, 0.6) is 0 Å². The van der Waals surface area contributed by atoms with Crippen LogP contribution in [0.1, 0.15) is 43.4 Å². The van der Waals surface area contributed by atoms with E-state index in [2.05, 4.69) is 10.2 Å². The predicted octanol–water partition coefficient (Wildman–Crippen LogP) is 0.607. The third-order valence-electron chi connectivity index (χ3n) is 4.46. The summed E-state index contributed by atoms with van der Waals surface area (Å²) in [5.41, 5.74) is 0. The van der Waals surface area contributed by atoms with E-state index >= 15 is 0 Å². The van der Waals surface area contributed by atoms with Crippen molar-refractivity contribution >= 4 is 15.8 Å². The minimum absolute atomic E-state index is 0.223. The molecule has 7 nitrogen and oxygen atoms in total. The Hall–Kier alpha value is -1.44. The van der Waals surface area contributed by atoms with Gasteiger partial charge in [-0.05, 0) is 31.6 Å². The lowest BCUT2D eigenvalue weighted by Gasteiger charge is -2.25. The molecule has 1 aromatic rings. The highest BCUT2D eigenvalue weighted by atomic mass is 32.2. The van der Waals surface area contributed by atoms with Crippen LogP contribution in [0.15, 0.2) is 0 Å². The Labute approximate surface area is 123 Å². The number of rotatable bonds is 3. The minimum atomic E-state index is -2.87. The SMILES string of the molecule is O=C(O)C1CCCc2nnc(CC3CCS(=O)(=O)CC3)n21. The summed E-state index contributed by atoms with van der Waals surface area (Å²) in [6.07, 6.45) is 4.05. The second kappa shape index (κ2) is 5.40. The number of carbonyl (C=O) groups is 1. The van der Waals surface area contributed by atoms with Crippen LogP contribution < -0.4 is 0 Å². The van der Waals surface area contributed by atoms with Crippen LogP contribution >= 0.6 is 0 Å². The number of aliphatic carboxylic acids is 1. The molecular formula is C13H19N3O4S. The minimum Gasteiger partial charge on any atom is -0.480 e. The number of carboxylic acids is 1. The highest BCUT2D eigenvalue weighted by molar-refractivity contribution is 7.91. The summed E-state index contributed by atoms with van der Waals surface area (Å²) < 4.78 is 24.7. The van der Waals surface area contributed by atoms with Gasteiger partial charge in [0.2, 0.25) is 0 Å². The highest BCUT2D eigenvalue weighted by Gasteiger charge is 2.31. The maximum atomic E-state index is 11.5. The summed E-state index contributed by atoms with van der Waals surface area (Å²) in [5.74, 6) is 1.29. The van der Waals surface area contributed by atoms with Gasteiger partial charge in [0.05, 0.1) is 11.5 Å². The van der Waals surface area contributed by atoms with Gasteiger partial charge in [0.15, 0.2) is 0 Å². The molecule has 0 aliphatic carbocycles. The fourth-order valence-electron chi connectivity index (χ4n) is 3.25. The van der Waals surface area contributed by atoms with Crippen molar-refractivity contribution in [2.24, 2.45) is 5.92 Å². The van der Waals surface area contributed by atoms with Crippen LogP contribution in [0.4, 0.5) is 0 Å². The Bertz CT molecular complexity index is 638. The molecule has 0 amide bonds. The number of sulfone groups is 1. The van der Waals surface area contributed by atoms with Crippen molar-refractivity contribution in [1.29, 1.82) is 0 Å². The third kappa shape index (κ3) is 2.95. The number of hydrogen-bond acceptors (Lipinski definition) is 5. The third-order valence-corrected chi connectivity index (χ3v) is 6.17. The molecule has 3 rings (SSSR count). The molecule has 0 aromatic carbocycles. The van der Waals surface area contributed by atoms with Gasteiger partial charge in [-0.2, -0.15) is 0 Å². The molecule has 0 bridgehead atoms. The van der Waals surface area contributed by atoms with Gasteiger partial charge in [0.25, 0.3) is 0 Å². The van der Waals surface area contributed by atoms with Crippen LogP contribution in [-0.4, -0.2) is 45.8 Å². The van der Waals surface area contributed by atoms with Crippen LogP contribution in [0, 0.1) is 5.92 Å². The lowest BCUT2D eigenvalue weighted by atomic mass is 9.97. The van der Waals surface area contributed by atoms with E-state index in [-0.39, 0.29) is 17.4 Å². The van der Waals surface area contributed by atoms with E-state index in [0.29, 0.717) is 31.5 Å². The van der Waals surface area contributed by atoms with Crippen LogP contribution in [-0.2, 0) is 27.5 Å². The Morgan fingerprint density at radius 2 is 1.95 bits per heavy atom. The highest BCUT2D eigenvalue weighted by Crippen LogP contribution is 2.28.